The van der Waals surface area contributed by atoms with Gasteiger partial charge < -0.3 is 11.1 Å². The van der Waals surface area contributed by atoms with Crippen LogP contribution < -0.4 is 11.1 Å². The molecule has 0 bridgehead atoms. The Hall–Kier alpha value is -2.31. The summed E-state index contributed by atoms with van der Waals surface area (Å²) in [7, 11) is 1.77. The number of nitrogens with one attached hydrogen (secondary N) is 2. The Morgan fingerprint density at radius 2 is 2.32 bits per heavy atom. The molecule has 3 rings (SSSR count). The van der Waals surface area contributed by atoms with Crippen LogP contribution in [-0.2, 0) is 7.05 Å². The van der Waals surface area contributed by atoms with E-state index < -0.39 is 0 Å². The Labute approximate surface area is 110 Å². The summed E-state index contributed by atoms with van der Waals surface area (Å²) in [4.78, 5) is 12.1. The lowest BCUT2D eigenvalue weighted by atomic mass is 10.2. The summed E-state index contributed by atoms with van der Waals surface area (Å²) < 4.78 is 1.61. The van der Waals surface area contributed by atoms with Crippen LogP contribution in [0.4, 0.5) is 11.5 Å². The molecule has 7 nitrogen and oxygen atoms in total. The summed E-state index contributed by atoms with van der Waals surface area (Å²) in [6, 6.07) is 1.79. The lowest BCUT2D eigenvalue weighted by molar-refractivity contribution is 0.102. The number of nitrogens with zero attached hydrogens (tertiary/aromatic N) is 3. The van der Waals surface area contributed by atoms with Gasteiger partial charge in [-0.2, -0.15) is 10.2 Å². The first-order chi connectivity index (χ1) is 9.06. The zero-order valence-electron chi connectivity index (χ0n) is 10.9. The Bertz CT molecular complexity index is 637. The van der Waals surface area contributed by atoms with Crippen molar-refractivity contribution in [2.75, 3.05) is 11.1 Å². The Kier molecular flexibility index (Phi) is 2.55. The molecular formula is C12H16N6O. The van der Waals surface area contributed by atoms with Crippen molar-refractivity contribution in [1.82, 2.24) is 20.0 Å². The maximum Gasteiger partial charge on any atom is 0.279 e. The number of aromatic amines is 1. The predicted octanol–water partition coefficient (Wildman–Crippen LogP) is 1.16. The number of hydrogen-bond acceptors (Lipinski definition) is 4. The normalized spacial score (nSPS) is 14.6. The molecule has 2 aromatic rings. The molecule has 0 aromatic carbocycles. The highest BCUT2D eigenvalue weighted by Crippen LogP contribution is 2.42. The first-order valence-electron chi connectivity index (χ1n) is 6.22. The van der Waals surface area contributed by atoms with Crippen molar-refractivity contribution in [3.05, 3.63) is 23.1 Å². The number of H-pyrrole nitrogens is 1. The minimum Gasteiger partial charge on any atom is -0.395 e. The van der Waals surface area contributed by atoms with E-state index in [0.717, 1.165) is 24.2 Å². The molecule has 4 N–H and O–H groups in total. The molecule has 7 heteroatoms. The van der Waals surface area contributed by atoms with Gasteiger partial charge in [0.25, 0.3) is 5.91 Å². The van der Waals surface area contributed by atoms with Gasteiger partial charge >= 0.3 is 0 Å². The van der Waals surface area contributed by atoms with Gasteiger partial charge in [0.1, 0.15) is 5.82 Å². The van der Waals surface area contributed by atoms with Crippen LogP contribution in [0.3, 0.4) is 0 Å². The van der Waals surface area contributed by atoms with Gasteiger partial charge in [-0.1, -0.05) is 0 Å². The van der Waals surface area contributed by atoms with E-state index in [1.165, 1.54) is 0 Å². The molecular weight excluding hydrogens is 244 g/mol. The van der Waals surface area contributed by atoms with Gasteiger partial charge in [0, 0.05) is 19.0 Å². The van der Waals surface area contributed by atoms with Gasteiger partial charge in [-0.15, -0.1) is 0 Å². The number of hydrogen-bond donors (Lipinski definition) is 3. The SMILES string of the molecule is Cc1cc(NC(=O)c2n[nH]c(C3CC3)c2N)n(C)n1. The van der Waals surface area contributed by atoms with E-state index in [1.807, 2.05) is 6.92 Å². The lowest BCUT2D eigenvalue weighted by Crippen LogP contribution is -2.16. The van der Waals surface area contributed by atoms with Crippen molar-refractivity contribution in [2.24, 2.45) is 7.05 Å². The standard InChI is InChI=1S/C12H16N6O/c1-6-5-8(18(2)17-6)14-12(19)11-9(13)10(15-16-11)7-3-4-7/h5,7H,3-4,13H2,1-2H3,(H,14,19)(H,15,16). The van der Waals surface area contributed by atoms with Gasteiger partial charge in [-0.05, 0) is 19.8 Å². The topological polar surface area (TPSA) is 102 Å². The summed E-state index contributed by atoms with van der Waals surface area (Å²) in [5, 5.41) is 13.8. The molecule has 0 radical (unpaired) electrons. The summed E-state index contributed by atoms with van der Waals surface area (Å²) in [5.41, 5.74) is 8.39. The number of nitrogens with two attached hydrogens (primary N) is 1. The average Bonchev–Trinajstić information content (AvgIpc) is 3.04. The van der Waals surface area contributed by atoms with Gasteiger partial charge in [0.05, 0.1) is 17.1 Å². The quantitative estimate of drug-likeness (QED) is 0.770. The van der Waals surface area contributed by atoms with Crippen LogP contribution in [0, 0.1) is 6.92 Å². The molecule has 100 valence electrons. The minimum atomic E-state index is -0.316. The number of nitrogen functional groups attached to an aromatic ring is 1. The average molecular weight is 260 g/mol. The molecule has 2 heterocycles. The van der Waals surface area contributed by atoms with Crippen LogP contribution in [0.5, 0.6) is 0 Å². The third kappa shape index (κ3) is 2.07. The maximum atomic E-state index is 12.1. The second-order valence-corrected chi connectivity index (χ2v) is 4.92. The summed E-state index contributed by atoms with van der Waals surface area (Å²) >= 11 is 0. The van der Waals surface area contributed by atoms with E-state index >= 15 is 0 Å². The molecule has 1 saturated carbocycles. The molecule has 2 aromatic heterocycles. The zero-order valence-corrected chi connectivity index (χ0v) is 10.9. The van der Waals surface area contributed by atoms with E-state index in [-0.39, 0.29) is 11.6 Å². The highest BCUT2D eigenvalue weighted by atomic mass is 16.2. The first-order valence-corrected chi connectivity index (χ1v) is 6.22. The largest absolute Gasteiger partial charge is 0.395 e. The van der Waals surface area contributed by atoms with Crippen LogP contribution in [-0.4, -0.2) is 25.9 Å². The molecule has 1 aliphatic rings. The van der Waals surface area contributed by atoms with Crippen LogP contribution in [0.15, 0.2) is 6.07 Å². The third-order valence-electron chi connectivity index (χ3n) is 3.28. The number of rotatable bonds is 3. The fraction of sp³-hybridized carbons (Fsp3) is 0.417. The Morgan fingerprint density at radius 3 is 2.89 bits per heavy atom. The van der Waals surface area contributed by atoms with Crippen molar-refractivity contribution >= 4 is 17.4 Å². The number of aryl methyl sites for hydroxylation is 2. The van der Waals surface area contributed by atoms with Crippen LogP contribution in [0.2, 0.25) is 0 Å². The van der Waals surface area contributed by atoms with Gasteiger partial charge in [0.2, 0.25) is 0 Å². The Balaban J connectivity index is 1.82. The number of aromatic nitrogens is 4. The molecule has 1 amide bonds. The van der Waals surface area contributed by atoms with Crippen molar-refractivity contribution in [2.45, 2.75) is 25.7 Å². The number of amides is 1. The van der Waals surface area contributed by atoms with Crippen molar-refractivity contribution in [1.29, 1.82) is 0 Å². The predicted molar refractivity (Wildman–Crippen MR) is 70.9 cm³/mol. The molecule has 0 spiro atoms. The van der Waals surface area contributed by atoms with E-state index in [4.69, 9.17) is 5.73 Å². The number of carbonyl (C=O) groups is 1. The molecule has 1 aliphatic carbocycles. The van der Waals surface area contributed by atoms with E-state index in [0.29, 0.717) is 17.4 Å². The summed E-state index contributed by atoms with van der Waals surface area (Å²) in [6.07, 6.45) is 2.21. The number of carbonyl (C=O) groups excluding carboxylic acids is 1. The van der Waals surface area contributed by atoms with Crippen LogP contribution in [0.1, 0.15) is 40.6 Å². The third-order valence-corrected chi connectivity index (χ3v) is 3.28. The molecule has 0 saturated heterocycles. The maximum absolute atomic E-state index is 12.1. The van der Waals surface area contributed by atoms with Crippen LogP contribution >= 0.6 is 0 Å². The Morgan fingerprint density at radius 1 is 1.58 bits per heavy atom. The molecule has 0 atom stereocenters. The fourth-order valence-electron chi connectivity index (χ4n) is 2.12. The highest BCUT2D eigenvalue weighted by Gasteiger charge is 2.30. The summed E-state index contributed by atoms with van der Waals surface area (Å²) in [5.74, 6) is 0.745. The fourth-order valence-corrected chi connectivity index (χ4v) is 2.12. The van der Waals surface area contributed by atoms with Gasteiger partial charge in [-0.3, -0.25) is 14.6 Å². The number of anilines is 2. The van der Waals surface area contributed by atoms with E-state index in [9.17, 15) is 4.79 Å². The lowest BCUT2D eigenvalue weighted by Gasteiger charge is -2.03. The summed E-state index contributed by atoms with van der Waals surface area (Å²) in [6.45, 7) is 1.86. The molecule has 0 unspecified atom stereocenters. The van der Waals surface area contributed by atoms with Crippen molar-refractivity contribution in [3.63, 3.8) is 0 Å². The molecule has 1 fully saturated rings. The monoisotopic (exact) mass is 260 g/mol. The second-order valence-electron chi connectivity index (χ2n) is 4.92. The van der Waals surface area contributed by atoms with Crippen molar-refractivity contribution < 1.29 is 4.79 Å². The van der Waals surface area contributed by atoms with Gasteiger partial charge in [-0.25, -0.2) is 0 Å². The van der Waals surface area contributed by atoms with E-state index in [2.05, 4.69) is 20.6 Å². The van der Waals surface area contributed by atoms with Crippen molar-refractivity contribution in [3.8, 4) is 0 Å². The van der Waals surface area contributed by atoms with Gasteiger partial charge in [0.15, 0.2) is 5.69 Å². The van der Waals surface area contributed by atoms with Crippen LogP contribution in [0.25, 0.3) is 0 Å². The second kappa shape index (κ2) is 4.11. The minimum absolute atomic E-state index is 0.251. The zero-order chi connectivity index (χ0) is 13.6. The highest BCUT2D eigenvalue weighted by molar-refractivity contribution is 6.06. The van der Waals surface area contributed by atoms with E-state index in [1.54, 1.807) is 17.8 Å². The molecule has 19 heavy (non-hydrogen) atoms. The first kappa shape index (κ1) is 11.8. The molecule has 0 aliphatic heterocycles. The smallest absolute Gasteiger partial charge is 0.279 e.